The van der Waals surface area contributed by atoms with E-state index >= 15 is 0 Å². The Morgan fingerprint density at radius 1 is 1.29 bits per heavy atom. The molecule has 0 unspecified atom stereocenters. The molecule has 0 saturated heterocycles. The van der Waals surface area contributed by atoms with E-state index in [9.17, 15) is 13.6 Å². The van der Waals surface area contributed by atoms with E-state index in [-0.39, 0.29) is 16.5 Å². The van der Waals surface area contributed by atoms with Gasteiger partial charge in [-0.15, -0.1) is 0 Å². The zero-order valence-corrected chi connectivity index (χ0v) is 9.85. The highest BCUT2D eigenvalue weighted by molar-refractivity contribution is 6.34. The first-order valence-corrected chi connectivity index (χ1v) is 4.88. The largest absolute Gasteiger partial charge is 0.493 e. The molecule has 1 aromatic carbocycles. The Balaban J connectivity index is 3.04. The number of methoxy groups -OCH3 is 2. The van der Waals surface area contributed by atoms with Crippen LogP contribution in [0.2, 0.25) is 5.02 Å². The van der Waals surface area contributed by atoms with E-state index in [1.165, 1.54) is 26.4 Å². The molecule has 0 radical (unpaired) electrons. The van der Waals surface area contributed by atoms with Crippen molar-refractivity contribution in [1.29, 1.82) is 0 Å². The van der Waals surface area contributed by atoms with Gasteiger partial charge in [-0.3, -0.25) is 4.79 Å². The molecular formula is C10H10ClF2NO3. The highest BCUT2D eigenvalue weighted by Crippen LogP contribution is 2.36. The zero-order chi connectivity index (χ0) is 13.0. The third-order valence-corrected chi connectivity index (χ3v) is 2.24. The van der Waals surface area contributed by atoms with E-state index < -0.39 is 12.3 Å². The summed E-state index contributed by atoms with van der Waals surface area (Å²) < 4.78 is 34.0. The van der Waals surface area contributed by atoms with Crippen LogP contribution in [0.1, 0.15) is 0 Å². The standard InChI is InChI=1S/C10H10ClF2NO3/c1-16-7-3-5(11)6(4-8(7)17-2)14-10(15)9(12)13/h3-4,9H,1-2H3,(H,14,15). The van der Waals surface area contributed by atoms with Crippen LogP contribution in [0.15, 0.2) is 12.1 Å². The van der Waals surface area contributed by atoms with Crippen LogP contribution in [-0.4, -0.2) is 26.6 Å². The number of hydrogen-bond donors (Lipinski definition) is 1. The molecule has 94 valence electrons. The van der Waals surface area contributed by atoms with Gasteiger partial charge in [-0.05, 0) is 0 Å². The molecule has 1 N–H and O–H groups in total. The average Bonchev–Trinajstić information content (AvgIpc) is 2.30. The van der Waals surface area contributed by atoms with Crippen molar-refractivity contribution >= 4 is 23.2 Å². The van der Waals surface area contributed by atoms with Gasteiger partial charge < -0.3 is 14.8 Å². The molecule has 0 aliphatic carbocycles. The summed E-state index contributed by atoms with van der Waals surface area (Å²) >= 11 is 5.79. The van der Waals surface area contributed by atoms with Crippen molar-refractivity contribution in [2.45, 2.75) is 6.43 Å². The molecule has 1 rings (SSSR count). The topological polar surface area (TPSA) is 47.6 Å². The minimum atomic E-state index is -3.11. The first-order chi connectivity index (χ1) is 7.99. The Morgan fingerprint density at radius 3 is 2.29 bits per heavy atom. The Morgan fingerprint density at radius 2 is 1.82 bits per heavy atom. The quantitative estimate of drug-likeness (QED) is 0.910. The van der Waals surface area contributed by atoms with Crippen molar-refractivity contribution < 1.29 is 23.0 Å². The summed E-state index contributed by atoms with van der Waals surface area (Å²) in [5, 5.41) is 2.06. The molecule has 4 nitrogen and oxygen atoms in total. The van der Waals surface area contributed by atoms with Crippen molar-refractivity contribution in [2.24, 2.45) is 0 Å². The Kier molecular flexibility index (Phi) is 4.51. The average molecular weight is 266 g/mol. The Hall–Kier alpha value is -1.56. The fourth-order valence-electron chi connectivity index (χ4n) is 1.14. The molecule has 17 heavy (non-hydrogen) atoms. The number of halogens is 3. The van der Waals surface area contributed by atoms with E-state index in [0.29, 0.717) is 5.75 Å². The van der Waals surface area contributed by atoms with Crippen molar-refractivity contribution in [3.8, 4) is 11.5 Å². The van der Waals surface area contributed by atoms with Gasteiger partial charge in [0.05, 0.1) is 24.9 Å². The van der Waals surface area contributed by atoms with E-state index in [4.69, 9.17) is 21.1 Å². The number of rotatable bonds is 4. The number of anilines is 1. The van der Waals surface area contributed by atoms with Crippen molar-refractivity contribution in [3.63, 3.8) is 0 Å². The van der Waals surface area contributed by atoms with Crippen molar-refractivity contribution in [2.75, 3.05) is 19.5 Å². The predicted octanol–water partition coefficient (Wildman–Crippen LogP) is 2.56. The van der Waals surface area contributed by atoms with Crippen LogP contribution in [0.3, 0.4) is 0 Å². The molecule has 0 heterocycles. The van der Waals surface area contributed by atoms with Gasteiger partial charge >= 0.3 is 6.43 Å². The van der Waals surface area contributed by atoms with Crippen molar-refractivity contribution in [1.82, 2.24) is 0 Å². The van der Waals surface area contributed by atoms with E-state index in [2.05, 4.69) is 0 Å². The molecule has 0 aliphatic rings. The summed E-state index contributed by atoms with van der Waals surface area (Å²) in [6.45, 7) is 0. The second-order valence-corrected chi connectivity index (χ2v) is 3.38. The second-order valence-electron chi connectivity index (χ2n) is 2.98. The van der Waals surface area contributed by atoms with Crippen LogP contribution >= 0.6 is 11.6 Å². The maximum absolute atomic E-state index is 12.1. The summed E-state index contributed by atoms with van der Waals surface area (Å²) in [6, 6.07) is 2.67. The first kappa shape index (κ1) is 13.5. The molecule has 0 saturated carbocycles. The summed E-state index contributed by atoms with van der Waals surface area (Å²) in [7, 11) is 2.79. The first-order valence-electron chi connectivity index (χ1n) is 4.50. The lowest BCUT2D eigenvalue weighted by Gasteiger charge is -2.12. The number of hydrogen-bond acceptors (Lipinski definition) is 3. The van der Waals surface area contributed by atoms with Gasteiger partial charge in [-0.2, -0.15) is 8.78 Å². The smallest absolute Gasteiger partial charge is 0.315 e. The molecule has 0 bridgehead atoms. The molecule has 0 atom stereocenters. The SMILES string of the molecule is COc1cc(Cl)c(NC(=O)C(F)F)cc1OC. The number of alkyl halides is 2. The molecule has 1 amide bonds. The van der Waals surface area contributed by atoms with Gasteiger partial charge in [-0.25, -0.2) is 0 Å². The summed E-state index contributed by atoms with van der Waals surface area (Å²) in [4.78, 5) is 10.8. The normalized spacial score (nSPS) is 10.2. The number of ether oxygens (including phenoxy) is 2. The Bertz CT molecular complexity index is 426. The predicted molar refractivity (Wildman–Crippen MR) is 59.2 cm³/mol. The van der Waals surface area contributed by atoms with E-state index in [1.807, 2.05) is 5.32 Å². The third-order valence-electron chi connectivity index (χ3n) is 1.93. The van der Waals surface area contributed by atoms with Crippen LogP contribution in [0.4, 0.5) is 14.5 Å². The number of nitrogens with one attached hydrogen (secondary N) is 1. The number of benzene rings is 1. The zero-order valence-electron chi connectivity index (χ0n) is 9.09. The van der Waals surface area contributed by atoms with E-state index in [0.717, 1.165) is 0 Å². The fraction of sp³-hybridized carbons (Fsp3) is 0.300. The molecular weight excluding hydrogens is 256 g/mol. The van der Waals surface area contributed by atoms with Crippen LogP contribution in [0.5, 0.6) is 11.5 Å². The van der Waals surface area contributed by atoms with Gasteiger partial charge in [0.25, 0.3) is 5.91 Å². The lowest BCUT2D eigenvalue weighted by atomic mass is 10.2. The Labute approximate surface area is 101 Å². The molecule has 7 heteroatoms. The third kappa shape index (κ3) is 3.20. The maximum Gasteiger partial charge on any atom is 0.315 e. The van der Waals surface area contributed by atoms with Crippen molar-refractivity contribution in [3.05, 3.63) is 17.2 Å². The van der Waals surface area contributed by atoms with E-state index in [1.54, 1.807) is 0 Å². The van der Waals surface area contributed by atoms with Crippen LogP contribution < -0.4 is 14.8 Å². The number of carbonyl (C=O) groups is 1. The number of amides is 1. The summed E-state index contributed by atoms with van der Waals surface area (Å²) in [5.41, 5.74) is 0.0367. The lowest BCUT2D eigenvalue weighted by molar-refractivity contribution is -0.126. The van der Waals surface area contributed by atoms with Crippen LogP contribution in [-0.2, 0) is 4.79 Å². The number of carbonyl (C=O) groups excluding carboxylic acids is 1. The van der Waals surface area contributed by atoms with Crippen LogP contribution in [0, 0.1) is 0 Å². The molecule has 0 spiro atoms. The highest BCUT2D eigenvalue weighted by atomic mass is 35.5. The minimum absolute atomic E-state index is 0.0367. The molecule has 0 fully saturated rings. The monoisotopic (exact) mass is 265 g/mol. The minimum Gasteiger partial charge on any atom is -0.493 e. The van der Waals surface area contributed by atoms with Gasteiger partial charge in [0, 0.05) is 12.1 Å². The maximum atomic E-state index is 12.1. The van der Waals surface area contributed by atoms with Gasteiger partial charge in [-0.1, -0.05) is 11.6 Å². The highest BCUT2D eigenvalue weighted by Gasteiger charge is 2.18. The van der Waals surface area contributed by atoms with Gasteiger partial charge in [0.2, 0.25) is 0 Å². The summed E-state index contributed by atoms with van der Waals surface area (Å²) in [5.74, 6) is -0.812. The second kappa shape index (κ2) is 5.67. The molecule has 0 aromatic heterocycles. The molecule has 1 aromatic rings. The van der Waals surface area contributed by atoms with Crippen LogP contribution in [0.25, 0.3) is 0 Å². The molecule has 0 aliphatic heterocycles. The lowest BCUT2D eigenvalue weighted by Crippen LogP contribution is -2.20. The summed E-state index contributed by atoms with van der Waals surface area (Å²) in [6.07, 6.45) is -3.11. The van der Waals surface area contributed by atoms with Gasteiger partial charge in [0.15, 0.2) is 11.5 Å². The van der Waals surface area contributed by atoms with Gasteiger partial charge in [0.1, 0.15) is 0 Å². The fourth-order valence-corrected chi connectivity index (χ4v) is 1.34.